The molecular weight excluding hydrogens is 348 g/mol. The molecule has 138 valence electrons. The maximum atomic E-state index is 12.4. The lowest BCUT2D eigenvalue weighted by Gasteiger charge is -2.16. The first-order chi connectivity index (χ1) is 12.4. The maximum Gasteiger partial charge on any atom is 0.280 e. The molecule has 0 aliphatic carbocycles. The Morgan fingerprint density at radius 3 is 2.46 bits per heavy atom. The second kappa shape index (κ2) is 9.39. The summed E-state index contributed by atoms with van der Waals surface area (Å²) in [5, 5.41) is 4.99. The van der Waals surface area contributed by atoms with Gasteiger partial charge in [-0.15, -0.1) is 0 Å². The lowest BCUT2D eigenvalue weighted by atomic mass is 10.0. The number of aryl methyl sites for hydroxylation is 1. The van der Waals surface area contributed by atoms with Gasteiger partial charge in [0.15, 0.2) is 6.10 Å². The van der Waals surface area contributed by atoms with Gasteiger partial charge in [0.1, 0.15) is 5.75 Å². The predicted molar refractivity (Wildman–Crippen MR) is 107 cm³/mol. The van der Waals surface area contributed by atoms with Crippen LogP contribution in [0, 0.1) is 12.8 Å². The van der Waals surface area contributed by atoms with Gasteiger partial charge in [0.2, 0.25) is 0 Å². The number of rotatable bonds is 7. The van der Waals surface area contributed by atoms with Gasteiger partial charge < -0.3 is 4.74 Å². The van der Waals surface area contributed by atoms with Gasteiger partial charge >= 0.3 is 0 Å². The summed E-state index contributed by atoms with van der Waals surface area (Å²) in [6, 6.07) is 15.2. The van der Waals surface area contributed by atoms with Crippen LogP contribution < -0.4 is 10.2 Å². The van der Waals surface area contributed by atoms with E-state index in [1.54, 1.807) is 25.1 Å². The lowest BCUT2D eigenvalue weighted by molar-refractivity contribution is -0.127. The van der Waals surface area contributed by atoms with Crippen LogP contribution in [0.1, 0.15) is 38.3 Å². The predicted octanol–water partition coefficient (Wildman–Crippen LogP) is 4.98. The molecular formula is C21H25ClN2O2. The van der Waals surface area contributed by atoms with E-state index in [1.165, 1.54) is 0 Å². The Hall–Kier alpha value is -2.33. The number of ether oxygens (including phenoxy) is 1. The highest BCUT2D eigenvalue weighted by Gasteiger charge is 2.16. The number of hydrazone groups is 1. The summed E-state index contributed by atoms with van der Waals surface area (Å²) >= 11 is 5.95. The normalized spacial score (nSPS) is 12.8. The van der Waals surface area contributed by atoms with E-state index in [-0.39, 0.29) is 5.91 Å². The van der Waals surface area contributed by atoms with E-state index in [0.29, 0.717) is 16.7 Å². The molecule has 0 saturated carbocycles. The van der Waals surface area contributed by atoms with Crippen LogP contribution in [0.25, 0.3) is 0 Å². The lowest BCUT2D eigenvalue weighted by Crippen LogP contribution is -2.34. The molecule has 1 unspecified atom stereocenters. The second-order valence-corrected chi connectivity index (χ2v) is 7.10. The van der Waals surface area contributed by atoms with Gasteiger partial charge in [0, 0.05) is 5.02 Å². The maximum absolute atomic E-state index is 12.4. The van der Waals surface area contributed by atoms with Crippen LogP contribution in [-0.2, 0) is 4.79 Å². The van der Waals surface area contributed by atoms with Crippen LogP contribution in [0.3, 0.4) is 0 Å². The van der Waals surface area contributed by atoms with Crippen molar-refractivity contribution in [1.82, 2.24) is 5.43 Å². The van der Waals surface area contributed by atoms with Crippen molar-refractivity contribution in [2.24, 2.45) is 11.0 Å². The number of amides is 1. The first kappa shape index (κ1) is 20.0. The van der Waals surface area contributed by atoms with Crippen molar-refractivity contribution in [1.29, 1.82) is 0 Å². The number of nitrogens with one attached hydrogen (secondary N) is 1. The van der Waals surface area contributed by atoms with Crippen LogP contribution in [0.15, 0.2) is 53.6 Å². The molecule has 2 aromatic carbocycles. The van der Waals surface area contributed by atoms with E-state index in [9.17, 15) is 4.79 Å². The fourth-order valence-electron chi connectivity index (χ4n) is 2.45. The van der Waals surface area contributed by atoms with Crippen LogP contribution in [0.2, 0.25) is 5.02 Å². The number of hydrogen-bond donors (Lipinski definition) is 1. The van der Waals surface area contributed by atoms with Crippen molar-refractivity contribution in [3.8, 4) is 5.75 Å². The molecule has 0 heterocycles. The topological polar surface area (TPSA) is 50.7 Å². The molecule has 2 rings (SSSR count). The second-order valence-electron chi connectivity index (χ2n) is 6.67. The van der Waals surface area contributed by atoms with Crippen molar-refractivity contribution in [2.75, 3.05) is 0 Å². The first-order valence-electron chi connectivity index (χ1n) is 8.71. The van der Waals surface area contributed by atoms with Gasteiger partial charge in [-0.2, -0.15) is 5.10 Å². The van der Waals surface area contributed by atoms with Crippen molar-refractivity contribution >= 4 is 23.2 Å². The minimum atomic E-state index is -0.672. The molecule has 1 atom stereocenters. The van der Waals surface area contributed by atoms with Crippen molar-refractivity contribution < 1.29 is 9.53 Å². The van der Waals surface area contributed by atoms with Gasteiger partial charge in [-0.1, -0.05) is 55.8 Å². The zero-order chi connectivity index (χ0) is 19.1. The van der Waals surface area contributed by atoms with Gasteiger partial charge in [0.25, 0.3) is 5.91 Å². The third-order valence-electron chi connectivity index (χ3n) is 3.82. The minimum Gasteiger partial charge on any atom is -0.481 e. The zero-order valence-corrected chi connectivity index (χ0v) is 16.4. The number of nitrogens with zero attached hydrogens (tertiary/aromatic N) is 1. The first-order valence-corrected chi connectivity index (χ1v) is 9.09. The third-order valence-corrected chi connectivity index (χ3v) is 4.05. The number of halogens is 1. The van der Waals surface area contributed by atoms with E-state index >= 15 is 0 Å². The molecule has 1 N–H and O–H groups in total. The fourth-order valence-corrected chi connectivity index (χ4v) is 2.67. The summed E-state index contributed by atoms with van der Waals surface area (Å²) in [4.78, 5) is 12.4. The standard InChI is InChI=1S/C21H25ClN2O2/c1-14(2)12-19(17-8-6-5-7-9-17)23-24-21(25)16(4)26-20-11-10-18(22)13-15(20)3/h5-11,13-14,16H,12H2,1-4H3,(H,24,25)/b23-19+. The van der Waals surface area contributed by atoms with E-state index < -0.39 is 6.10 Å². The van der Waals surface area contributed by atoms with Gasteiger partial charge in [0.05, 0.1) is 5.71 Å². The zero-order valence-electron chi connectivity index (χ0n) is 15.6. The molecule has 4 nitrogen and oxygen atoms in total. The molecule has 0 fully saturated rings. The molecule has 0 saturated heterocycles. The highest BCUT2D eigenvalue weighted by Crippen LogP contribution is 2.22. The molecule has 0 radical (unpaired) electrons. The van der Waals surface area contributed by atoms with Gasteiger partial charge in [-0.05, 0) is 55.5 Å². The molecule has 2 aromatic rings. The third kappa shape index (κ3) is 5.88. The fraction of sp³-hybridized carbons (Fsp3) is 0.333. The largest absolute Gasteiger partial charge is 0.481 e. The highest BCUT2D eigenvalue weighted by molar-refractivity contribution is 6.30. The monoisotopic (exact) mass is 372 g/mol. The average molecular weight is 373 g/mol. The quantitative estimate of drug-likeness (QED) is 0.550. The summed E-state index contributed by atoms with van der Waals surface area (Å²) in [6.07, 6.45) is 0.102. The van der Waals surface area contributed by atoms with Crippen LogP contribution in [0.5, 0.6) is 5.75 Å². The SMILES string of the molecule is Cc1cc(Cl)ccc1OC(C)C(=O)N/N=C(\CC(C)C)c1ccccc1. The van der Waals surface area contributed by atoms with Crippen molar-refractivity contribution in [2.45, 2.75) is 40.2 Å². The minimum absolute atomic E-state index is 0.295. The Morgan fingerprint density at radius 2 is 1.85 bits per heavy atom. The molecule has 0 bridgehead atoms. The molecule has 0 aromatic heterocycles. The van der Waals surface area contributed by atoms with E-state index in [1.807, 2.05) is 37.3 Å². The Kier molecular flexibility index (Phi) is 7.22. The van der Waals surface area contributed by atoms with Crippen LogP contribution >= 0.6 is 11.6 Å². The Bertz CT molecular complexity index is 773. The smallest absolute Gasteiger partial charge is 0.280 e. The van der Waals surface area contributed by atoms with Gasteiger partial charge in [-0.25, -0.2) is 5.43 Å². The van der Waals surface area contributed by atoms with Crippen molar-refractivity contribution in [3.05, 3.63) is 64.7 Å². The van der Waals surface area contributed by atoms with Gasteiger partial charge in [-0.3, -0.25) is 4.79 Å². The number of carbonyl (C=O) groups excluding carboxylic acids is 1. The Balaban J connectivity index is 2.06. The van der Waals surface area contributed by atoms with E-state index in [4.69, 9.17) is 16.3 Å². The van der Waals surface area contributed by atoms with Crippen LogP contribution in [0.4, 0.5) is 0 Å². The Labute approximate surface area is 160 Å². The summed E-state index contributed by atoms with van der Waals surface area (Å²) in [5.41, 5.74) is 5.37. The van der Waals surface area contributed by atoms with E-state index in [2.05, 4.69) is 24.4 Å². The summed E-state index contributed by atoms with van der Waals surface area (Å²) in [6.45, 7) is 7.83. The number of hydrogen-bond acceptors (Lipinski definition) is 3. The molecule has 0 aliphatic heterocycles. The van der Waals surface area contributed by atoms with Crippen molar-refractivity contribution in [3.63, 3.8) is 0 Å². The summed E-state index contributed by atoms with van der Waals surface area (Å²) in [7, 11) is 0. The highest BCUT2D eigenvalue weighted by atomic mass is 35.5. The Morgan fingerprint density at radius 1 is 1.15 bits per heavy atom. The summed E-state index contributed by atoms with van der Waals surface area (Å²) in [5.74, 6) is 0.763. The number of benzene rings is 2. The molecule has 0 spiro atoms. The average Bonchev–Trinajstić information content (AvgIpc) is 2.61. The van der Waals surface area contributed by atoms with Crippen LogP contribution in [-0.4, -0.2) is 17.7 Å². The summed E-state index contributed by atoms with van der Waals surface area (Å²) < 4.78 is 5.74. The molecule has 1 amide bonds. The molecule has 5 heteroatoms. The van der Waals surface area contributed by atoms with E-state index in [0.717, 1.165) is 23.3 Å². The molecule has 26 heavy (non-hydrogen) atoms. The number of carbonyl (C=O) groups is 1. The molecule has 0 aliphatic rings.